The van der Waals surface area contributed by atoms with E-state index in [-0.39, 0.29) is 0 Å². The first-order chi connectivity index (χ1) is 10.2. The molecule has 2 aromatic rings. The molecule has 0 saturated heterocycles. The van der Waals surface area contributed by atoms with Gasteiger partial charge in [-0.15, -0.1) is 11.8 Å². The van der Waals surface area contributed by atoms with Gasteiger partial charge in [0, 0.05) is 10.6 Å². The lowest BCUT2D eigenvalue weighted by Crippen LogP contribution is -2.03. The zero-order chi connectivity index (χ0) is 15.1. The largest absolute Gasteiger partial charge is 0.493 e. The van der Waals surface area contributed by atoms with Crippen molar-refractivity contribution in [3.8, 4) is 5.75 Å². The van der Waals surface area contributed by atoms with Gasteiger partial charge in [0.15, 0.2) is 0 Å². The van der Waals surface area contributed by atoms with Gasteiger partial charge < -0.3 is 10.5 Å². The number of thioether (sulfide) groups is 1. The highest BCUT2D eigenvalue weighted by atomic mass is 32.2. The van der Waals surface area contributed by atoms with Crippen LogP contribution in [0, 0.1) is 13.8 Å². The van der Waals surface area contributed by atoms with E-state index in [1.54, 1.807) is 0 Å². The van der Waals surface area contributed by atoms with Gasteiger partial charge in [-0.05, 0) is 56.1 Å². The molecule has 112 valence electrons. The molecule has 0 spiro atoms. The second-order valence-electron chi connectivity index (χ2n) is 5.15. The first-order valence-corrected chi connectivity index (χ1v) is 8.29. The lowest BCUT2D eigenvalue weighted by atomic mass is 10.1. The van der Waals surface area contributed by atoms with Gasteiger partial charge in [0.05, 0.1) is 6.61 Å². The summed E-state index contributed by atoms with van der Waals surface area (Å²) < 4.78 is 5.78. The van der Waals surface area contributed by atoms with E-state index in [0.29, 0.717) is 13.2 Å². The number of ether oxygens (including phenoxy) is 1. The van der Waals surface area contributed by atoms with Crippen LogP contribution in [0.3, 0.4) is 0 Å². The topological polar surface area (TPSA) is 35.2 Å². The van der Waals surface area contributed by atoms with Crippen molar-refractivity contribution in [3.63, 3.8) is 0 Å². The van der Waals surface area contributed by atoms with Crippen LogP contribution in [0.25, 0.3) is 0 Å². The van der Waals surface area contributed by atoms with E-state index < -0.39 is 0 Å². The summed E-state index contributed by atoms with van der Waals surface area (Å²) in [5, 5.41) is 0. The highest BCUT2D eigenvalue weighted by molar-refractivity contribution is 7.99. The second kappa shape index (κ2) is 8.11. The van der Waals surface area contributed by atoms with Crippen LogP contribution in [0.4, 0.5) is 0 Å². The summed E-state index contributed by atoms with van der Waals surface area (Å²) in [5.74, 6) is 1.88. The summed E-state index contributed by atoms with van der Waals surface area (Å²) >= 11 is 1.85. The maximum atomic E-state index is 5.78. The van der Waals surface area contributed by atoms with E-state index in [9.17, 15) is 0 Å². The van der Waals surface area contributed by atoms with Gasteiger partial charge in [0.1, 0.15) is 5.75 Å². The average Bonchev–Trinajstić information content (AvgIpc) is 2.49. The normalized spacial score (nSPS) is 10.6. The predicted molar refractivity (Wildman–Crippen MR) is 91.3 cm³/mol. The fourth-order valence-electron chi connectivity index (χ4n) is 2.09. The van der Waals surface area contributed by atoms with Crippen molar-refractivity contribution < 1.29 is 4.74 Å². The lowest BCUT2D eigenvalue weighted by molar-refractivity contribution is 0.344. The van der Waals surface area contributed by atoms with E-state index in [1.165, 1.54) is 21.6 Å². The zero-order valence-electron chi connectivity index (χ0n) is 12.8. The third-order valence-electron chi connectivity index (χ3n) is 3.31. The standard InChI is InChI=1S/C18H23NOS/c1-14-3-4-15(2)18(13-14)21-12-11-20-17-7-5-16(6-8-17)9-10-19/h3-8,13H,9-12,19H2,1-2H3. The molecule has 2 rings (SSSR count). The molecule has 3 heteroatoms. The number of hydrogen-bond acceptors (Lipinski definition) is 3. The fourth-order valence-corrected chi connectivity index (χ4v) is 3.04. The molecule has 0 fully saturated rings. The van der Waals surface area contributed by atoms with Gasteiger partial charge in [-0.25, -0.2) is 0 Å². The van der Waals surface area contributed by atoms with Crippen molar-refractivity contribution in [1.82, 2.24) is 0 Å². The minimum Gasteiger partial charge on any atom is -0.493 e. The molecular weight excluding hydrogens is 278 g/mol. The van der Waals surface area contributed by atoms with Crippen LogP contribution in [0.15, 0.2) is 47.4 Å². The van der Waals surface area contributed by atoms with Crippen molar-refractivity contribution in [2.45, 2.75) is 25.2 Å². The monoisotopic (exact) mass is 301 g/mol. The minimum atomic E-state index is 0.687. The first-order valence-electron chi connectivity index (χ1n) is 7.31. The van der Waals surface area contributed by atoms with Gasteiger partial charge in [-0.2, -0.15) is 0 Å². The van der Waals surface area contributed by atoms with Crippen molar-refractivity contribution in [2.24, 2.45) is 5.73 Å². The molecule has 0 heterocycles. The van der Waals surface area contributed by atoms with Crippen LogP contribution in [-0.2, 0) is 6.42 Å². The Morgan fingerprint density at radius 1 is 1.05 bits per heavy atom. The summed E-state index contributed by atoms with van der Waals surface area (Å²) in [6.45, 7) is 5.68. The average molecular weight is 301 g/mol. The summed E-state index contributed by atoms with van der Waals surface area (Å²) in [4.78, 5) is 1.34. The molecule has 2 nitrogen and oxygen atoms in total. The molecule has 0 radical (unpaired) electrons. The highest BCUT2D eigenvalue weighted by Crippen LogP contribution is 2.23. The molecule has 0 atom stereocenters. The molecule has 0 aliphatic carbocycles. The lowest BCUT2D eigenvalue weighted by Gasteiger charge is -2.09. The summed E-state index contributed by atoms with van der Waals surface area (Å²) in [7, 11) is 0. The smallest absolute Gasteiger partial charge is 0.119 e. The second-order valence-corrected chi connectivity index (χ2v) is 6.29. The summed E-state index contributed by atoms with van der Waals surface area (Å²) in [5.41, 5.74) is 9.44. The van der Waals surface area contributed by atoms with Gasteiger partial charge >= 0.3 is 0 Å². The van der Waals surface area contributed by atoms with Crippen LogP contribution < -0.4 is 10.5 Å². The predicted octanol–water partition coefficient (Wildman–Crippen LogP) is 3.98. The number of rotatable bonds is 7. The number of benzene rings is 2. The Kier molecular flexibility index (Phi) is 6.15. The number of aryl methyl sites for hydroxylation is 2. The van der Waals surface area contributed by atoms with Crippen molar-refractivity contribution in [3.05, 3.63) is 59.2 Å². The Balaban J connectivity index is 1.77. The summed E-state index contributed by atoms with van der Waals surface area (Å²) in [6, 6.07) is 14.8. The van der Waals surface area contributed by atoms with E-state index in [2.05, 4.69) is 44.2 Å². The van der Waals surface area contributed by atoms with Crippen LogP contribution in [0.5, 0.6) is 5.75 Å². The Morgan fingerprint density at radius 3 is 2.52 bits per heavy atom. The third kappa shape index (κ3) is 5.10. The van der Waals surface area contributed by atoms with E-state index in [0.717, 1.165) is 17.9 Å². The van der Waals surface area contributed by atoms with E-state index in [1.807, 2.05) is 23.9 Å². The molecule has 0 saturated carbocycles. The Morgan fingerprint density at radius 2 is 1.81 bits per heavy atom. The van der Waals surface area contributed by atoms with Crippen LogP contribution in [0.1, 0.15) is 16.7 Å². The number of hydrogen-bond donors (Lipinski definition) is 1. The minimum absolute atomic E-state index is 0.687. The molecule has 2 N–H and O–H groups in total. The molecule has 21 heavy (non-hydrogen) atoms. The van der Waals surface area contributed by atoms with Crippen LogP contribution in [-0.4, -0.2) is 18.9 Å². The van der Waals surface area contributed by atoms with Crippen LogP contribution >= 0.6 is 11.8 Å². The molecule has 0 aliphatic rings. The molecule has 0 amide bonds. The fraction of sp³-hybridized carbons (Fsp3) is 0.333. The van der Waals surface area contributed by atoms with Gasteiger partial charge in [0.2, 0.25) is 0 Å². The SMILES string of the molecule is Cc1ccc(C)c(SCCOc2ccc(CCN)cc2)c1. The Labute approximate surface area is 131 Å². The maximum absolute atomic E-state index is 5.78. The van der Waals surface area contributed by atoms with Gasteiger partial charge in [-0.1, -0.05) is 29.8 Å². The molecule has 0 unspecified atom stereocenters. The summed E-state index contributed by atoms with van der Waals surface area (Å²) in [6.07, 6.45) is 0.919. The Hall–Kier alpha value is -1.45. The quantitative estimate of drug-likeness (QED) is 0.620. The van der Waals surface area contributed by atoms with Gasteiger partial charge in [-0.3, -0.25) is 0 Å². The van der Waals surface area contributed by atoms with E-state index in [4.69, 9.17) is 10.5 Å². The molecular formula is C18H23NOS. The zero-order valence-corrected chi connectivity index (χ0v) is 13.6. The van der Waals surface area contributed by atoms with Crippen molar-refractivity contribution in [1.29, 1.82) is 0 Å². The van der Waals surface area contributed by atoms with Crippen LogP contribution in [0.2, 0.25) is 0 Å². The molecule has 0 aliphatic heterocycles. The first kappa shape index (κ1) is 15.9. The maximum Gasteiger partial charge on any atom is 0.119 e. The number of nitrogens with two attached hydrogens (primary N) is 1. The van der Waals surface area contributed by atoms with E-state index >= 15 is 0 Å². The third-order valence-corrected chi connectivity index (χ3v) is 4.43. The molecule has 0 aromatic heterocycles. The van der Waals surface area contributed by atoms with Crippen molar-refractivity contribution >= 4 is 11.8 Å². The highest BCUT2D eigenvalue weighted by Gasteiger charge is 2.00. The van der Waals surface area contributed by atoms with Crippen molar-refractivity contribution in [2.75, 3.05) is 18.9 Å². The Bertz CT molecular complexity index is 566. The van der Waals surface area contributed by atoms with Gasteiger partial charge in [0.25, 0.3) is 0 Å². The molecule has 0 bridgehead atoms. The molecule has 2 aromatic carbocycles.